The second kappa shape index (κ2) is 6.13. The van der Waals surface area contributed by atoms with E-state index in [-0.39, 0.29) is 5.82 Å². The molecule has 18 heavy (non-hydrogen) atoms. The first-order valence-electron chi connectivity index (χ1n) is 5.53. The van der Waals surface area contributed by atoms with Gasteiger partial charge < -0.3 is 14.8 Å². The maximum atomic E-state index is 13.5. The van der Waals surface area contributed by atoms with Crippen LogP contribution in [-0.4, -0.2) is 11.7 Å². The van der Waals surface area contributed by atoms with Crippen molar-refractivity contribution in [3.8, 4) is 0 Å². The van der Waals surface area contributed by atoms with Gasteiger partial charge in [-0.05, 0) is 24.3 Å². The molecule has 2 aromatic rings. The lowest BCUT2D eigenvalue weighted by Gasteiger charge is -2.10. The number of nitrogens with one attached hydrogen (secondary N) is 1. The average molecular weight is 314 g/mol. The number of benzene rings is 1. The van der Waals surface area contributed by atoms with Crippen LogP contribution in [0.1, 0.15) is 17.4 Å². The predicted octanol–water partition coefficient (Wildman–Crippen LogP) is 3.00. The smallest absolute Gasteiger partial charge is 0.133 e. The highest BCUT2D eigenvalue weighted by Crippen LogP contribution is 2.16. The molecule has 0 bridgehead atoms. The van der Waals surface area contributed by atoms with E-state index in [2.05, 4.69) is 21.2 Å². The molecule has 96 valence electrons. The third-order valence-corrected chi connectivity index (χ3v) is 3.03. The van der Waals surface area contributed by atoms with E-state index in [1.54, 1.807) is 24.3 Å². The Labute approximate surface area is 113 Å². The molecule has 1 aromatic carbocycles. The molecule has 2 rings (SSSR count). The van der Waals surface area contributed by atoms with Crippen molar-refractivity contribution in [2.75, 3.05) is 6.54 Å². The number of aliphatic hydroxyl groups is 1. The van der Waals surface area contributed by atoms with E-state index in [9.17, 15) is 9.50 Å². The van der Waals surface area contributed by atoms with Crippen molar-refractivity contribution in [3.63, 3.8) is 0 Å². The zero-order chi connectivity index (χ0) is 13.0. The van der Waals surface area contributed by atoms with Gasteiger partial charge in [0.05, 0.1) is 6.26 Å². The first-order chi connectivity index (χ1) is 8.66. The summed E-state index contributed by atoms with van der Waals surface area (Å²) < 4.78 is 19.3. The van der Waals surface area contributed by atoms with Crippen LogP contribution in [-0.2, 0) is 6.54 Å². The summed E-state index contributed by atoms with van der Waals surface area (Å²) in [4.78, 5) is 0. The van der Waals surface area contributed by atoms with E-state index in [4.69, 9.17) is 4.42 Å². The Morgan fingerprint density at radius 3 is 2.89 bits per heavy atom. The minimum Gasteiger partial charge on any atom is -0.467 e. The molecule has 0 aliphatic carbocycles. The zero-order valence-corrected chi connectivity index (χ0v) is 11.2. The fraction of sp³-hybridized carbons (Fsp3) is 0.231. The summed E-state index contributed by atoms with van der Waals surface area (Å²) in [7, 11) is 0. The molecular formula is C13H13BrFNO2. The van der Waals surface area contributed by atoms with Crippen molar-refractivity contribution in [2.24, 2.45) is 0 Å². The van der Waals surface area contributed by atoms with E-state index in [1.807, 2.05) is 0 Å². The Hall–Kier alpha value is -1.17. The molecule has 1 heterocycles. The highest BCUT2D eigenvalue weighted by molar-refractivity contribution is 9.10. The van der Waals surface area contributed by atoms with E-state index in [0.29, 0.717) is 28.9 Å². The molecule has 0 amide bonds. The summed E-state index contributed by atoms with van der Waals surface area (Å²) in [6.07, 6.45) is 0.783. The molecule has 0 saturated carbocycles. The Morgan fingerprint density at radius 2 is 2.22 bits per heavy atom. The Bertz CT molecular complexity index is 502. The predicted molar refractivity (Wildman–Crippen MR) is 69.5 cm³/mol. The monoisotopic (exact) mass is 313 g/mol. The van der Waals surface area contributed by atoms with Gasteiger partial charge in [0.15, 0.2) is 0 Å². The van der Waals surface area contributed by atoms with Crippen molar-refractivity contribution in [1.82, 2.24) is 5.32 Å². The second-order valence-electron chi connectivity index (χ2n) is 3.90. The number of rotatable bonds is 5. The molecule has 0 spiro atoms. The molecular weight excluding hydrogens is 301 g/mol. The number of hydrogen-bond acceptors (Lipinski definition) is 3. The van der Waals surface area contributed by atoms with Crippen LogP contribution < -0.4 is 5.32 Å². The number of aliphatic hydroxyl groups excluding tert-OH is 1. The summed E-state index contributed by atoms with van der Waals surface area (Å²) in [6.45, 7) is 0.667. The standard InChI is InChI=1S/C13H13BrFNO2/c14-10-4-3-9(11(15)6-10)7-16-8-12(17)13-2-1-5-18-13/h1-6,12,16-17H,7-8H2. The van der Waals surface area contributed by atoms with E-state index >= 15 is 0 Å². The molecule has 1 aromatic heterocycles. The van der Waals surface area contributed by atoms with Crippen LogP contribution in [0.25, 0.3) is 0 Å². The van der Waals surface area contributed by atoms with Crippen LogP contribution in [0.2, 0.25) is 0 Å². The molecule has 0 saturated heterocycles. The quantitative estimate of drug-likeness (QED) is 0.892. The van der Waals surface area contributed by atoms with E-state index in [1.165, 1.54) is 12.3 Å². The Kier molecular flexibility index (Phi) is 4.52. The highest BCUT2D eigenvalue weighted by atomic mass is 79.9. The first-order valence-corrected chi connectivity index (χ1v) is 6.32. The maximum absolute atomic E-state index is 13.5. The normalized spacial score (nSPS) is 12.6. The van der Waals surface area contributed by atoms with E-state index in [0.717, 1.165) is 0 Å². The molecule has 0 radical (unpaired) electrons. The van der Waals surface area contributed by atoms with Crippen LogP contribution in [0.5, 0.6) is 0 Å². The SMILES string of the molecule is OC(CNCc1ccc(Br)cc1F)c1ccco1. The molecule has 3 nitrogen and oxygen atoms in total. The van der Waals surface area contributed by atoms with Crippen molar-refractivity contribution < 1.29 is 13.9 Å². The van der Waals surface area contributed by atoms with Gasteiger partial charge in [-0.25, -0.2) is 4.39 Å². The van der Waals surface area contributed by atoms with Crippen molar-refractivity contribution in [1.29, 1.82) is 0 Å². The first kappa shape index (κ1) is 13.3. The molecule has 0 aliphatic rings. The third kappa shape index (κ3) is 3.41. The fourth-order valence-electron chi connectivity index (χ4n) is 1.59. The second-order valence-corrected chi connectivity index (χ2v) is 4.81. The Balaban J connectivity index is 1.85. The van der Waals surface area contributed by atoms with Crippen molar-refractivity contribution in [2.45, 2.75) is 12.6 Å². The van der Waals surface area contributed by atoms with Gasteiger partial charge in [0.2, 0.25) is 0 Å². The van der Waals surface area contributed by atoms with Gasteiger partial charge in [-0.15, -0.1) is 0 Å². The lowest BCUT2D eigenvalue weighted by atomic mass is 10.2. The fourth-order valence-corrected chi connectivity index (χ4v) is 1.92. The van der Waals surface area contributed by atoms with Crippen LogP contribution in [0, 0.1) is 5.82 Å². The third-order valence-electron chi connectivity index (χ3n) is 2.54. The molecule has 0 fully saturated rings. The maximum Gasteiger partial charge on any atom is 0.133 e. The van der Waals surface area contributed by atoms with E-state index < -0.39 is 6.10 Å². The van der Waals surface area contributed by atoms with Gasteiger partial charge >= 0.3 is 0 Å². The lowest BCUT2D eigenvalue weighted by molar-refractivity contribution is 0.147. The number of furan rings is 1. The number of halogens is 2. The van der Waals surface area contributed by atoms with Crippen molar-refractivity contribution >= 4 is 15.9 Å². The summed E-state index contributed by atoms with van der Waals surface area (Å²) in [5.41, 5.74) is 0.560. The molecule has 5 heteroatoms. The van der Waals surface area contributed by atoms with Gasteiger partial charge in [-0.1, -0.05) is 22.0 Å². The van der Waals surface area contributed by atoms with Gasteiger partial charge in [-0.3, -0.25) is 0 Å². The van der Waals surface area contributed by atoms with Gasteiger partial charge in [0.25, 0.3) is 0 Å². The Morgan fingerprint density at radius 1 is 1.39 bits per heavy atom. The zero-order valence-electron chi connectivity index (χ0n) is 9.57. The summed E-state index contributed by atoms with van der Waals surface area (Å²) in [5.74, 6) is 0.225. The van der Waals surface area contributed by atoms with Gasteiger partial charge in [-0.2, -0.15) is 0 Å². The largest absolute Gasteiger partial charge is 0.467 e. The topological polar surface area (TPSA) is 45.4 Å². The number of hydrogen-bond donors (Lipinski definition) is 2. The lowest BCUT2D eigenvalue weighted by Crippen LogP contribution is -2.21. The molecule has 1 unspecified atom stereocenters. The highest BCUT2D eigenvalue weighted by Gasteiger charge is 2.10. The molecule has 1 atom stereocenters. The van der Waals surface area contributed by atoms with Gasteiger partial charge in [0, 0.05) is 23.1 Å². The summed E-state index contributed by atoms with van der Waals surface area (Å²) in [6, 6.07) is 8.31. The van der Waals surface area contributed by atoms with Crippen LogP contribution in [0.4, 0.5) is 4.39 Å². The summed E-state index contributed by atoms with van der Waals surface area (Å²) in [5, 5.41) is 12.7. The molecule has 0 aliphatic heterocycles. The van der Waals surface area contributed by atoms with Crippen LogP contribution >= 0.6 is 15.9 Å². The van der Waals surface area contributed by atoms with Crippen LogP contribution in [0.15, 0.2) is 45.5 Å². The summed E-state index contributed by atoms with van der Waals surface area (Å²) >= 11 is 3.20. The van der Waals surface area contributed by atoms with Crippen molar-refractivity contribution in [3.05, 3.63) is 58.2 Å². The minimum absolute atomic E-state index is 0.274. The van der Waals surface area contributed by atoms with Crippen LogP contribution in [0.3, 0.4) is 0 Å². The molecule has 2 N–H and O–H groups in total. The average Bonchev–Trinajstić information content (AvgIpc) is 2.85. The van der Waals surface area contributed by atoms with Gasteiger partial charge in [0.1, 0.15) is 17.7 Å². The minimum atomic E-state index is -0.724.